The zero-order chi connectivity index (χ0) is 15.7. The number of thiophene rings is 1. The van der Waals surface area contributed by atoms with Gasteiger partial charge < -0.3 is 10.7 Å². The molecule has 3 rings (SSSR count). The van der Waals surface area contributed by atoms with E-state index in [4.69, 9.17) is 40.5 Å². The number of aromatic amines is 1. The van der Waals surface area contributed by atoms with Crippen molar-refractivity contribution < 1.29 is 0 Å². The van der Waals surface area contributed by atoms with Crippen LogP contribution in [0.4, 0.5) is 0 Å². The molecule has 116 valence electrons. The van der Waals surface area contributed by atoms with Crippen LogP contribution in [-0.2, 0) is 6.42 Å². The lowest BCUT2D eigenvalue weighted by Crippen LogP contribution is -1.99. The molecule has 0 unspecified atom stereocenters. The molecule has 0 aliphatic rings. The van der Waals surface area contributed by atoms with E-state index >= 15 is 0 Å². The quantitative estimate of drug-likeness (QED) is 0.518. The van der Waals surface area contributed by atoms with Crippen molar-refractivity contribution in [3.05, 3.63) is 44.2 Å². The van der Waals surface area contributed by atoms with Crippen LogP contribution in [0.2, 0.25) is 14.4 Å². The van der Waals surface area contributed by atoms with Gasteiger partial charge in [0.25, 0.3) is 0 Å². The zero-order valence-corrected chi connectivity index (χ0v) is 14.8. The molecule has 2 aromatic heterocycles. The van der Waals surface area contributed by atoms with Crippen LogP contribution in [0, 0.1) is 0 Å². The zero-order valence-electron chi connectivity index (χ0n) is 11.8. The van der Waals surface area contributed by atoms with Crippen molar-refractivity contribution in [2.45, 2.75) is 19.3 Å². The maximum atomic E-state index is 6.43. The highest BCUT2D eigenvalue weighted by Crippen LogP contribution is 2.40. The first-order valence-electron chi connectivity index (χ1n) is 7.05. The molecular weight excluding hydrogens is 359 g/mol. The van der Waals surface area contributed by atoms with E-state index in [1.165, 1.54) is 5.56 Å². The SMILES string of the molecule is NCCCCc1c(-c2ccc(Cl)s2)[nH]c2cc(Cl)cc(Cl)c12. The Kier molecular flexibility index (Phi) is 5.00. The monoisotopic (exact) mass is 372 g/mol. The third-order valence-corrected chi connectivity index (χ3v) is 5.38. The molecule has 0 saturated heterocycles. The number of H-pyrrole nitrogens is 1. The molecular formula is C16H15Cl3N2S. The molecule has 0 radical (unpaired) electrons. The van der Waals surface area contributed by atoms with Gasteiger partial charge in [0, 0.05) is 15.9 Å². The fourth-order valence-electron chi connectivity index (χ4n) is 2.67. The molecule has 0 spiro atoms. The Labute approximate surface area is 148 Å². The molecule has 2 heterocycles. The topological polar surface area (TPSA) is 41.8 Å². The number of fused-ring (bicyclic) bond motifs is 1. The first-order valence-corrected chi connectivity index (χ1v) is 9.00. The van der Waals surface area contributed by atoms with Crippen LogP contribution in [-0.4, -0.2) is 11.5 Å². The summed E-state index contributed by atoms with van der Waals surface area (Å²) in [6, 6.07) is 7.63. The van der Waals surface area contributed by atoms with Gasteiger partial charge in [-0.3, -0.25) is 0 Å². The summed E-state index contributed by atoms with van der Waals surface area (Å²) in [5.74, 6) is 0. The van der Waals surface area contributed by atoms with Gasteiger partial charge in [0.1, 0.15) is 0 Å². The molecule has 2 nitrogen and oxygen atoms in total. The van der Waals surface area contributed by atoms with E-state index in [1.807, 2.05) is 18.2 Å². The van der Waals surface area contributed by atoms with Crippen molar-refractivity contribution in [2.24, 2.45) is 5.73 Å². The fraction of sp³-hybridized carbons (Fsp3) is 0.250. The molecule has 0 fully saturated rings. The van der Waals surface area contributed by atoms with Gasteiger partial charge >= 0.3 is 0 Å². The van der Waals surface area contributed by atoms with Crippen LogP contribution in [0.5, 0.6) is 0 Å². The average Bonchev–Trinajstić information content (AvgIpc) is 3.03. The third kappa shape index (κ3) is 3.15. The predicted molar refractivity (Wildman–Crippen MR) is 98.6 cm³/mol. The van der Waals surface area contributed by atoms with Crippen molar-refractivity contribution in [3.8, 4) is 10.6 Å². The van der Waals surface area contributed by atoms with Gasteiger partial charge in [-0.1, -0.05) is 34.8 Å². The first-order chi connectivity index (χ1) is 10.6. The van der Waals surface area contributed by atoms with E-state index in [0.29, 0.717) is 16.6 Å². The second-order valence-electron chi connectivity index (χ2n) is 5.14. The number of aryl methyl sites for hydroxylation is 1. The lowest BCUT2D eigenvalue weighted by atomic mass is 10.0. The highest BCUT2D eigenvalue weighted by Gasteiger charge is 2.17. The van der Waals surface area contributed by atoms with E-state index in [0.717, 1.165) is 45.1 Å². The van der Waals surface area contributed by atoms with Gasteiger partial charge in [-0.15, -0.1) is 11.3 Å². The number of aromatic nitrogens is 1. The summed E-state index contributed by atoms with van der Waals surface area (Å²) in [5, 5.41) is 2.35. The predicted octanol–water partition coefficient (Wildman–Crippen LogP) is 6.14. The minimum atomic E-state index is 0.628. The van der Waals surface area contributed by atoms with Crippen molar-refractivity contribution in [1.82, 2.24) is 4.98 Å². The third-order valence-electron chi connectivity index (χ3n) is 3.62. The minimum absolute atomic E-state index is 0.628. The van der Waals surface area contributed by atoms with Crippen LogP contribution in [0.1, 0.15) is 18.4 Å². The van der Waals surface area contributed by atoms with Gasteiger partial charge in [0.15, 0.2) is 0 Å². The van der Waals surface area contributed by atoms with E-state index in [9.17, 15) is 0 Å². The Bertz CT molecular complexity index is 807. The normalized spacial score (nSPS) is 11.5. The Morgan fingerprint density at radius 3 is 2.59 bits per heavy atom. The molecule has 3 aromatic rings. The molecule has 0 saturated carbocycles. The molecule has 6 heteroatoms. The molecule has 0 amide bonds. The lowest BCUT2D eigenvalue weighted by molar-refractivity contribution is 0.748. The van der Waals surface area contributed by atoms with Gasteiger partial charge in [0.05, 0.1) is 19.9 Å². The molecule has 0 aliphatic heterocycles. The Morgan fingerprint density at radius 1 is 1.09 bits per heavy atom. The summed E-state index contributed by atoms with van der Waals surface area (Å²) in [4.78, 5) is 4.56. The number of unbranched alkanes of at least 4 members (excludes halogenated alkanes) is 1. The molecule has 3 N–H and O–H groups in total. The molecule has 0 bridgehead atoms. The Morgan fingerprint density at radius 2 is 1.91 bits per heavy atom. The highest BCUT2D eigenvalue weighted by molar-refractivity contribution is 7.19. The van der Waals surface area contributed by atoms with Crippen molar-refractivity contribution in [2.75, 3.05) is 6.54 Å². The lowest BCUT2D eigenvalue weighted by Gasteiger charge is -2.04. The minimum Gasteiger partial charge on any atom is -0.354 e. The standard InChI is InChI=1S/C16H15Cl3N2S/c17-9-7-11(18)15-10(3-1-2-6-20)16(21-12(15)8-9)13-4-5-14(19)22-13/h4-5,7-8,21H,1-3,6,20H2. The number of hydrogen-bond donors (Lipinski definition) is 2. The average molecular weight is 374 g/mol. The van der Waals surface area contributed by atoms with Gasteiger partial charge in [-0.2, -0.15) is 0 Å². The first kappa shape index (κ1) is 16.2. The van der Waals surface area contributed by atoms with Crippen molar-refractivity contribution in [3.63, 3.8) is 0 Å². The summed E-state index contributed by atoms with van der Waals surface area (Å²) in [6.45, 7) is 0.697. The highest BCUT2D eigenvalue weighted by atomic mass is 35.5. The fourth-order valence-corrected chi connectivity index (χ4v) is 4.35. The van der Waals surface area contributed by atoms with Crippen LogP contribution in [0.15, 0.2) is 24.3 Å². The van der Waals surface area contributed by atoms with E-state index in [1.54, 1.807) is 17.4 Å². The maximum absolute atomic E-state index is 6.43. The summed E-state index contributed by atoms with van der Waals surface area (Å²) in [6.07, 6.45) is 2.93. The van der Waals surface area contributed by atoms with Crippen LogP contribution in [0.25, 0.3) is 21.5 Å². The van der Waals surface area contributed by atoms with E-state index in [2.05, 4.69) is 4.98 Å². The maximum Gasteiger partial charge on any atom is 0.0935 e. The van der Waals surface area contributed by atoms with Crippen LogP contribution in [0.3, 0.4) is 0 Å². The summed E-state index contributed by atoms with van der Waals surface area (Å²) in [7, 11) is 0. The van der Waals surface area contributed by atoms with Gasteiger partial charge in [0.2, 0.25) is 0 Å². The summed E-state index contributed by atoms with van der Waals surface area (Å²) < 4.78 is 0.769. The summed E-state index contributed by atoms with van der Waals surface area (Å²) in [5.41, 5.74) is 8.86. The molecule has 0 atom stereocenters. The number of nitrogens with two attached hydrogens (primary N) is 1. The number of hydrogen-bond acceptors (Lipinski definition) is 2. The second-order valence-corrected chi connectivity index (χ2v) is 7.70. The number of benzene rings is 1. The Balaban J connectivity index is 2.16. The van der Waals surface area contributed by atoms with Gasteiger partial charge in [-0.25, -0.2) is 0 Å². The van der Waals surface area contributed by atoms with Crippen LogP contribution >= 0.6 is 46.1 Å². The van der Waals surface area contributed by atoms with Crippen molar-refractivity contribution in [1.29, 1.82) is 0 Å². The van der Waals surface area contributed by atoms with E-state index < -0.39 is 0 Å². The number of nitrogens with one attached hydrogen (secondary N) is 1. The van der Waals surface area contributed by atoms with E-state index in [-0.39, 0.29) is 0 Å². The second kappa shape index (κ2) is 6.81. The molecule has 0 aliphatic carbocycles. The van der Waals surface area contributed by atoms with Gasteiger partial charge in [-0.05, 0) is 55.6 Å². The van der Waals surface area contributed by atoms with Crippen LogP contribution < -0.4 is 5.73 Å². The molecule has 22 heavy (non-hydrogen) atoms. The van der Waals surface area contributed by atoms with Crippen molar-refractivity contribution >= 4 is 57.0 Å². The molecule has 1 aromatic carbocycles. The largest absolute Gasteiger partial charge is 0.354 e. The Hall–Kier alpha value is -0.710. The summed E-state index contributed by atoms with van der Waals surface area (Å²) >= 11 is 20.2. The number of halogens is 3. The smallest absolute Gasteiger partial charge is 0.0935 e. The number of rotatable bonds is 5.